The first-order valence-corrected chi connectivity index (χ1v) is 6.62. The zero-order valence-corrected chi connectivity index (χ0v) is 10.1. The van der Waals surface area contributed by atoms with Crippen molar-refractivity contribution in [2.45, 2.75) is 12.1 Å². The Kier molecular flexibility index (Phi) is 3.40. The minimum Gasteiger partial charge on any atom is -0.480 e. The molecule has 2 atom stereocenters. The smallest absolute Gasteiger partial charge is 0.329 e. The van der Waals surface area contributed by atoms with E-state index in [4.69, 9.17) is 9.66 Å². The van der Waals surface area contributed by atoms with E-state index in [2.05, 4.69) is 25.3 Å². The number of rotatable bonds is 4. The number of amidine groups is 2. The minimum absolute atomic E-state index is 0.0160. The van der Waals surface area contributed by atoms with Gasteiger partial charge in [0.2, 0.25) is 0 Å². The van der Waals surface area contributed by atoms with E-state index in [-0.39, 0.29) is 5.84 Å². The van der Waals surface area contributed by atoms with Gasteiger partial charge in [-0.15, -0.1) is 0 Å². The van der Waals surface area contributed by atoms with Gasteiger partial charge in [-0.2, -0.15) is 8.42 Å². The third-order valence-electron chi connectivity index (χ3n) is 2.27. The number of aliphatic carboxylic acids is 1. The number of nitrogens with zero attached hydrogens (tertiary/aromatic N) is 4. The fraction of sp³-hybridized carbons (Fsp3) is 0.375. The average molecular weight is 287 g/mol. The average Bonchev–Trinajstić information content (AvgIpc) is 2.75. The molecular weight excluding hydrogens is 278 g/mol. The van der Waals surface area contributed by atoms with Crippen LogP contribution >= 0.6 is 0 Å². The highest BCUT2D eigenvalue weighted by molar-refractivity contribution is 7.85. The molecule has 0 aromatic carbocycles. The van der Waals surface area contributed by atoms with Crippen LogP contribution in [0.3, 0.4) is 0 Å². The predicted octanol–water partition coefficient (Wildman–Crippen LogP) is -1.83. The second-order valence-electron chi connectivity index (χ2n) is 3.67. The maximum atomic E-state index is 10.9. The molecule has 2 heterocycles. The lowest BCUT2D eigenvalue weighted by molar-refractivity contribution is -0.137. The van der Waals surface area contributed by atoms with Gasteiger partial charge in [0.1, 0.15) is 17.9 Å². The molecule has 0 fully saturated rings. The minimum atomic E-state index is -4.47. The fourth-order valence-corrected chi connectivity index (χ4v) is 2.09. The topological polar surface area (TPSA) is 153 Å². The van der Waals surface area contributed by atoms with Crippen molar-refractivity contribution in [3.8, 4) is 0 Å². The van der Waals surface area contributed by atoms with Gasteiger partial charge >= 0.3 is 5.97 Å². The van der Waals surface area contributed by atoms with Crippen LogP contribution in [-0.2, 0) is 14.9 Å². The first-order valence-electron chi connectivity index (χ1n) is 5.01. The lowest BCUT2D eigenvalue weighted by atomic mass is 10.2. The van der Waals surface area contributed by atoms with Gasteiger partial charge in [0, 0.05) is 0 Å². The zero-order valence-electron chi connectivity index (χ0n) is 9.33. The van der Waals surface area contributed by atoms with Crippen LogP contribution < -0.4 is 5.32 Å². The highest BCUT2D eigenvalue weighted by Gasteiger charge is 2.30. The summed E-state index contributed by atoms with van der Waals surface area (Å²) >= 11 is 0. The number of fused-ring (bicyclic) bond motifs is 1. The Morgan fingerprint density at radius 1 is 1.58 bits per heavy atom. The Morgan fingerprint density at radius 3 is 2.95 bits per heavy atom. The van der Waals surface area contributed by atoms with Crippen LogP contribution in [0.2, 0.25) is 0 Å². The SMILES string of the molecule is O=C(O)C(CS(=O)(=O)O)N=C1N=CNC2=NC=NC12. The summed E-state index contributed by atoms with van der Waals surface area (Å²) in [7, 11) is -4.47. The van der Waals surface area contributed by atoms with E-state index >= 15 is 0 Å². The molecule has 19 heavy (non-hydrogen) atoms. The summed E-state index contributed by atoms with van der Waals surface area (Å²) in [5.41, 5.74) is 0. The first kappa shape index (κ1) is 13.3. The summed E-state index contributed by atoms with van der Waals surface area (Å²) in [6.45, 7) is 0. The number of carboxylic acid groups (broad SMARTS) is 1. The molecule has 2 aliphatic rings. The van der Waals surface area contributed by atoms with Gasteiger partial charge in [0.05, 0.1) is 6.34 Å². The molecular formula is C8H9N5O5S. The Bertz CT molecular complexity index is 619. The molecule has 0 bridgehead atoms. The van der Waals surface area contributed by atoms with Gasteiger partial charge in [-0.1, -0.05) is 0 Å². The number of carbonyl (C=O) groups is 1. The summed E-state index contributed by atoms with van der Waals surface area (Å²) in [6.07, 6.45) is 2.50. The maximum Gasteiger partial charge on any atom is 0.329 e. The van der Waals surface area contributed by atoms with Gasteiger partial charge < -0.3 is 10.4 Å². The molecule has 2 rings (SSSR count). The van der Waals surface area contributed by atoms with E-state index in [1.807, 2.05) is 0 Å². The van der Waals surface area contributed by atoms with Crippen LogP contribution in [0.4, 0.5) is 0 Å². The van der Waals surface area contributed by atoms with E-state index in [0.29, 0.717) is 5.84 Å². The molecule has 0 saturated carbocycles. The van der Waals surface area contributed by atoms with E-state index in [0.717, 1.165) is 0 Å². The van der Waals surface area contributed by atoms with E-state index in [1.54, 1.807) is 0 Å². The second-order valence-corrected chi connectivity index (χ2v) is 5.17. The van der Waals surface area contributed by atoms with Crippen molar-refractivity contribution in [1.29, 1.82) is 0 Å². The van der Waals surface area contributed by atoms with Gasteiger partial charge in [-0.25, -0.2) is 14.8 Å². The first-order chi connectivity index (χ1) is 8.87. The molecule has 0 aromatic rings. The number of hydrogen-bond acceptors (Lipinski definition) is 7. The molecule has 0 aromatic heterocycles. The quantitative estimate of drug-likeness (QED) is 0.517. The van der Waals surface area contributed by atoms with Gasteiger partial charge in [0.25, 0.3) is 10.1 Å². The van der Waals surface area contributed by atoms with Crippen molar-refractivity contribution in [2.24, 2.45) is 20.0 Å². The predicted molar refractivity (Wildman–Crippen MR) is 66.6 cm³/mol. The van der Waals surface area contributed by atoms with Crippen molar-refractivity contribution in [3.63, 3.8) is 0 Å². The summed E-state index contributed by atoms with van der Waals surface area (Å²) in [5.74, 6) is -2.08. The Labute approximate surface area is 107 Å². The largest absolute Gasteiger partial charge is 0.480 e. The molecule has 0 amide bonds. The molecule has 3 N–H and O–H groups in total. The van der Waals surface area contributed by atoms with Crippen LogP contribution in [0.1, 0.15) is 0 Å². The standard InChI is InChI=1S/C8H9N5O5S/c14-8(15)4(1-19(16,17)18)13-7-5-6(10-2-9-5)11-3-12-7/h2-5H,1H2,(H,14,15)(H,16,17,18)(H,9,10,11,12,13). The molecule has 2 unspecified atom stereocenters. The molecule has 2 aliphatic heterocycles. The Morgan fingerprint density at radius 2 is 2.32 bits per heavy atom. The third kappa shape index (κ3) is 3.20. The van der Waals surface area contributed by atoms with Crippen LogP contribution in [0.25, 0.3) is 0 Å². The lowest BCUT2D eigenvalue weighted by Crippen LogP contribution is -2.41. The number of hydrogen-bond donors (Lipinski definition) is 3. The molecule has 10 nitrogen and oxygen atoms in total. The number of aliphatic imine (C=N–C) groups is 4. The summed E-state index contributed by atoms with van der Waals surface area (Å²) < 4.78 is 30.2. The van der Waals surface area contributed by atoms with E-state index in [9.17, 15) is 13.2 Å². The Balaban J connectivity index is 2.29. The second kappa shape index (κ2) is 4.85. The molecule has 0 spiro atoms. The number of nitrogens with one attached hydrogen (secondary N) is 1. The normalized spacial score (nSPS) is 24.8. The molecule has 11 heteroatoms. The third-order valence-corrected chi connectivity index (χ3v) is 3.00. The van der Waals surface area contributed by atoms with Crippen molar-refractivity contribution in [1.82, 2.24) is 5.32 Å². The van der Waals surface area contributed by atoms with Gasteiger partial charge in [0.15, 0.2) is 17.9 Å². The van der Waals surface area contributed by atoms with E-state index < -0.39 is 33.9 Å². The van der Waals surface area contributed by atoms with Crippen molar-refractivity contribution < 1.29 is 22.9 Å². The van der Waals surface area contributed by atoms with Crippen LogP contribution in [0, 0.1) is 0 Å². The van der Waals surface area contributed by atoms with Gasteiger partial charge in [-0.05, 0) is 0 Å². The maximum absolute atomic E-state index is 10.9. The van der Waals surface area contributed by atoms with Crippen LogP contribution in [0.15, 0.2) is 20.0 Å². The van der Waals surface area contributed by atoms with E-state index in [1.165, 1.54) is 12.7 Å². The molecule has 102 valence electrons. The highest BCUT2D eigenvalue weighted by Crippen LogP contribution is 2.09. The summed E-state index contributed by atoms with van der Waals surface area (Å²) in [6, 6.07) is -2.33. The van der Waals surface area contributed by atoms with Crippen molar-refractivity contribution in [2.75, 3.05) is 5.75 Å². The van der Waals surface area contributed by atoms with Crippen LogP contribution in [0.5, 0.6) is 0 Å². The number of carboxylic acids is 1. The fourth-order valence-electron chi connectivity index (χ4n) is 1.47. The van der Waals surface area contributed by atoms with Crippen molar-refractivity contribution >= 4 is 40.4 Å². The highest BCUT2D eigenvalue weighted by atomic mass is 32.2. The summed E-state index contributed by atoms with van der Waals surface area (Å²) in [5, 5.41) is 11.6. The zero-order chi connectivity index (χ0) is 14.0. The monoisotopic (exact) mass is 287 g/mol. The van der Waals surface area contributed by atoms with Gasteiger partial charge in [-0.3, -0.25) is 14.5 Å². The molecule has 0 aliphatic carbocycles. The van der Waals surface area contributed by atoms with Crippen LogP contribution in [-0.4, -0.2) is 66.2 Å². The summed E-state index contributed by atoms with van der Waals surface area (Å²) in [4.78, 5) is 26.2. The van der Waals surface area contributed by atoms with Crippen molar-refractivity contribution in [3.05, 3.63) is 0 Å². The Hall–Kier alpha value is -2.14. The molecule has 0 saturated heterocycles. The lowest BCUT2D eigenvalue weighted by Gasteiger charge is -2.16. The molecule has 0 radical (unpaired) electrons.